The first kappa shape index (κ1) is 45.5. The van der Waals surface area contributed by atoms with Crippen molar-refractivity contribution >= 4 is 28.6 Å². The number of unbranched alkanes of at least 4 members (excludes halogenated alkanes) is 3. The number of likely N-dealkylation sites (tertiary alicyclic amines) is 1. The highest BCUT2D eigenvalue weighted by Gasteiger charge is 2.50. The Morgan fingerprint density at radius 3 is 2.04 bits per heavy atom. The third-order valence-corrected chi connectivity index (χ3v) is 11.0. The number of fused-ring (bicyclic) bond motifs is 2. The summed E-state index contributed by atoms with van der Waals surface area (Å²) in [6, 6.07) is -2.20. The highest BCUT2D eigenvalue weighted by Crippen LogP contribution is 2.40. The van der Waals surface area contributed by atoms with Crippen LogP contribution in [0.25, 0.3) is 0 Å². The zero-order valence-electron chi connectivity index (χ0n) is 35.4. The molecular weight excluding hydrogens is 747 g/mol. The van der Waals surface area contributed by atoms with Gasteiger partial charge in [0.05, 0.1) is 12.1 Å². The third-order valence-electron chi connectivity index (χ3n) is 10.3. The minimum Gasteiger partial charge on any atom is -0.444 e. The van der Waals surface area contributed by atoms with Crippen molar-refractivity contribution in [2.45, 2.75) is 188 Å². The van der Waals surface area contributed by atoms with Gasteiger partial charge in [-0.1, -0.05) is 66.2 Å². The van der Waals surface area contributed by atoms with Gasteiger partial charge in [0.15, 0.2) is 0 Å². The maximum absolute atomic E-state index is 13.8. The topological polar surface area (TPSA) is 177 Å². The number of rotatable bonds is 20. The van der Waals surface area contributed by atoms with Crippen molar-refractivity contribution in [1.82, 2.24) is 35.0 Å². The molecule has 3 aliphatic heterocycles. The fraction of sp³-hybridized carbons (Fsp3) is 0.868. The van der Waals surface area contributed by atoms with Crippen LogP contribution in [0.2, 0.25) is 0 Å². The van der Waals surface area contributed by atoms with Crippen LogP contribution in [0.3, 0.4) is 0 Å². The van der Waals surface area contributed by atoms with E-state index < -0.39 is 57.4 Å². The molecule has 1 aromatic heterocycles. The molecule has 2 atom stereocenters. The van der Waals surface area contributed by atoms with Gasteiger partial charge < -0.3 is 23.7 Å². The Bertz CT molecular complexity index is 1560. The summed E-state index contributed by atoms with van der Waals surface area (Å²) in [5, 5.41) is 11.0. The van der Waals surface area contributed by atoms with Gasteiger partial charge >= 0.3 is 28.6 Å². The summed E-state index contributed by atoms with van der Waals surface area (Å²) in [5.41, 5.74) is -1.91. The number of ether oxygens (including phenoxy) is 2. The van der Waals surface area contributed by atoms with Crippen LogP contribution in [0.1, 0.15) is 164 Å². The van der Waals surface area contributed by atoms with Crippen LogP contribution in [0.5, 0.6) is 0 Å². The van der Waals surface area contributed by atoms with Crippen LogP contribution in [0, 0.1) is 0 Å². The second kappa shape index (κ2) is 19.0. The average Bonchev–Trinajstić information content (AvgIpc) is 3.63. The number of hydroxylamine groups is 4. The molecule has 1 aromatic rings. The number of urea groups is 1. The zero-order chi connectivity index (χ0) is 41.5. The summed E-state index contributed by atoms with van der Waals surface area (Å²) < 4.78 is 55.9. The Hall–Kier alpha value is -3.22. The molecule has 4 amide bonds. The lowest BCUT2D eigenvalue weighted by Gasteiger charge is -2.44. The summed E-state index contributed by atoms with van der Waals surface area (Å²) in [5.74, 6) is 0.274. The largest absolute Gasteiger partial charge is 0.444 e. The molecule has 0 unspecified atom stereocenters. The van der Waals surface area contributed by atoms with Crippen molar-refractivity contribution in [3.8, 4) is 0 Å². The molecule has 4 heterocycles. The third kappa shape index (κ3) is 11.9. The van der Waals surface area contributed by atoms with Crippen molar-refractivity contribution in [1.29, 1.82) is 0 Å². The van der Waals surface area contributed by atoms with Crippen LogP contribution in [0.4, 0.5) is 14.4 Å². The molecular formula is C38H67N7O10S. The number of aromatic nitrogens is 2. The SMILES string of the molecule is CCCCN(OS(=O)(=O)ON1C(=O)N2C[C@H]1CC[C@H]2c1nnc(CN(C(=O)OC(C)(C)C)C2CN(C(=O)OC(C)(C)C)C2)o1)C(CCC)(CCCC)CCCC. The number of hydrogen-bond acceptors (Lipinski definition) is 13. The number of amides is 4. The maximum Gasteiger partial charge on any atom is 0.437 e. The molecule has 18 heteroatoms. The maximum atomic E-state index is 13.8. The van der Waals surface area contributed by atoms with Crippen LogP contribution < -0.4 is 0 Å². The van der Waals surface area contributed by atoms with Gasteiger partial charge in [-0.25, -0.2) is 14.4 Å². The van der Waals surface area contributed by atoms with E-state index in [0.29, 0.717) is 19.4 Å². The molecule has 0 N–H and O–H groups in total. The number of hydrogen-bond donors (Lipinski definition) is 0. The first-order valence-electron chi connectivity index (χ1n) is 20.6. The summed E-state index contributed by atoms with van der Waals surface area (Å²) >= 11 is 0. The molecule has 3 fully saturated rings. The smallest absolute Gasteiger partial charge is 0.437 e. The molecule has 3 saturated heterocycles. The van der Waals surface area contributed by atoms with E-state index in [1.807, 2.05) is 0 Å². The van der Waals surface area contributed by atoms with E-state index in [0.717, 1.165) is 69.3 Å². The van der Waals surface area contributed by atoms with Gasteiger partial charge in [0.1, 0.15) is 23.8 Å². The minimum atomic E-state index is -4.68. The van der Waals surface area contributed by atoms with Crippen molar-refractivity contribution in [3.63, 3.8) is 0 Å². The van der Waals surface area contributed by atoms with Gasteiger partial charge in [-0.05, 0) is 80.1 Å². The van der Waals surface area contributed by atoms with Crippen LogP contribution in [-0.4, -0.2) is 117 Å². The Morgan fingerprint density at radius 2 is 1.46 bits per heavy atom. The van der Waals surface area contributed by atoms with Crippen molar-refractivity contribution in [3.05, 3.63) is 11.8 Å². The highest BCUT2D eigenvalue weighted by molar-refractivity contribution is 7.81. The van der Waals surface area contributed by atoms with E-state index >= 15 is 0 Å². The van der Waals surface area contributed by atoms with Crippen LogP contribution >= 0.6 is 0 Å². The first-order valence-corrected chi connectivity index (χ1v) is 21.9. The fourth-order valence-corrected chi connectivity index (χ4v) is 8.35. The summed E-state index contributed by atoms with van der Waals surface area (Å²) in [4.78, 5) is 44.2. The Kier molecular flexibility index (Phi) is 15.4. The highest BCUT2D eigenvalue weighted by atomic mass is 32.3. The average molecular weight is 814 g/mol. The summed E-state index contributed by atoms with van der Waals surface area (Å²) in [6.45, 7) is 20.0. The van der Waals surface area contributed by atoms with E-state index in [9.17, 15) is 22.8 Å². The van der Waals surface area contributed by atoms with Gasteiger partial charge in [0.2, 0.25) is 11.8 Å². The molecule has 56 heavy (non-hydrogen) atoms. The molecule has 0 spiro atoms. The summed E-state index contributed by atoms with van der Waals surface area (Å²) in [6.07, 6.45) is 8.41. The molecule has 0 radical (unpaired) electrons. The molecule has 17 nitrogen and oxygen atoms in total. The molecule has 2 bridgehead atoms. The van der Waals surface area contributed by atoms with Crippen molar-refractivity contribution in [2.75, 3.05) is 26.2 Å². The predicted octanol–water partition coefficient (Wildman–Crippen LogP) is 7.50. The van der Waals surface area contributed by atoms with Crippen LogP contribution in [0.15, 0.2) is 4.42 Å². The van der Waals surface area contributed by atoms with Gasteiger partial charge in [-0.3, -0.25) is 4.90 Å². The van der Waals surface area contributed by atoms with Gasteiger partial charge in [0.25, 0.3) is 0 Å². The quantitative estimate of drug-likeness (QED) is 0.118. The number of piperidine rings is 1. The molecule has 320 valence electrons. The van der Waals surface area contributed by atoms with Crippen LogP contribution in [-0.2, 0) is 35.0 Å². The van der Waals surface area contributed by atoms with Gasteiger partial charge in [-0.2, -0.15) is 22.8 Å². The molecule has 0 aliphatic carbocycles. The van der Waals surface area contributed by atoms with E-state index in [1.165, 1.54) is 14.7 Å². The fourth-order valence-electron chi connectivity index (χ4n) is 7.49. The van der Waals surface area contributed by atoms with Gasteiger partial charge in [-0.15, -0.1) is 14.5 Å². The Morgan fingerprint density at radius 1 is 0.839 bits per heavy atom. The predicted molar refractivity (Wildman–Crippen MR) is 207 cm³/mol. The Labute approximate surface area is 333 Å². The zero-order valence-corrected chi connectivity index (χ0v) is 36.2. The van der Waals surface area contributed by atoms with Gasteiger partial charge in [0, 0.05) is 31.7 Å². The van der Waals surface area contributed by atoms with Crippen molar-refractivity contribution < 1.29 is 45.3 Å². The lowest BCUT2D eigenvalue weighted by molar-refractivity contribution is -0.172. The van der Waals surface area contributed by atoms with Crippen molar-refractivity contribution in [2.24, 2.45) is 0 Å². The second-order valence-corrected chi connectivity index (χ2v) is 18.5. The number of nitrogens with zero attached hydrogens (tertiary/aromatic N) is 7. The lowest BCUT2D eigenvalue weighted by atomic mass is 9.82. The van der Waals surface area contributed by atoms with E-state index in [1.54, 1.807) is 46.6 Å². The second-order valence-electron chi connectivity index (χ2n) is 17.4. The normalized spacial score (nSPS) is 19.5. The molecule has 0 aromatic carbocycles. The molecule has 3 aliphatic rings. The molecule has 4 rings (SSSR count). The number of carbonyl (C=O) groups excluding carboxylic acids is 3. The van der Waals surface area contributed by atoms with E-state index in [2.05, 4.69) is 37.9 Å². The monoisotopic (exact) mass is 813 g/mol. The first-order chi connectivity index (χ1) is 26.2. The number of carbonyl (C=O) groups is 3. The van der Waals surface area contributed by atoms with E-state index in [4.69, 9.17) is 22.5 Å². The molecule has 0 saturated carbocycles. The van der Waals surface area contributed by atoms with E-state index in [-0.39, 0.29) is 44.0 Å². The standard InChI is InChI=1S/C38H67N7O10S/c1-11-15-21-38(20-14-4,22-16-12-2)44(23-17-13-3)54-56(49,50)55-45-28-18-19-30(43(26-28)33(45)46)32-40-39-31(51-32)27-42(35(48)53-37(8,9)10)29-24-41(25-29)34(47)52-36(5,6)7/h28-30H,11-27H2,1-10H3/t28-,30+/m1/s1. The lowest BCUT2D eigenvalue weighted by Crippen LogP contribution is -2.63. The summed E-state index contributed by atoms with van der Waals surface area (Å²) in [7, 11) is -4.68. The Balaban J connectivity index is 1.47. The minimum absolute atomic E-state index is 0.0899.